The van der Waals surface area contributed by atoms with Gasteiger partial charge in [0.05, 0.1) is 12.8 Å². The van der Waals surface area contributed by atoms with Crippen molar-refractivity contribution in [3.8, 4) is 11.5 Å². The summed E-state index contributed by atoms with van der Waals surface area (Å²) in [6, 6.07) is 21.3. The molecule has 38 heavy (non-hydrogen) atoms. The van der Waals surface area contributed by atoms with Gasteiger partial charge in [-0.1, -0.05) is 64.5 Å². The lowest BCUT2D eigenvalue weighted by Crippen LogP contribution is -2.54. The summed E-state index contributed by atoms with van der Waals surface area (Å²) in [6.07, 6.45) is 1.33. The Morgan fingerprint density at radius 3 is 2.50 bits per heavy atom. The minimum Gasteiger partial charge on any atom is -0.493 e. The van der Waals surface area contributed by atoms with Crippen molar-refractivity contribution < 1.29 is 28.2 Å². The molecule has 0 bridgehead atoms. The lowest BCUT2D eigenvalue weighted by Gasteiger charge is -2.26. The maximum atomic E-state index is 13.7. The third kappa shape index (κ3) is 4.88. The Bertz CT molecular complexity index is 1630. The fourth-order valence-electron chi connectivity index (χ4n) is 4.17. The number of methoxy groups -OCH3 is 1. The van der Waals surface area contributed by atoms with Crippen LogP contribution in [0.15, 0.2) is 88.9 Å². The molecular formula is C29H20BrFN2O5. The highest BCUT2D eigenvalue weighted by atomic mass is 79.9. The van der Waals surface area contributed by atoms with Gasteiger partial charge in [0.15, 0.2) is 11.5 Å². The van der Waals surface area contributed by atoms with Gasteiger partial charge in [-0.05, 0) is 58.3 Å². The Labute approximate surface area is 225 Å². The van der Waals surface area contributed by atoms with Crippen molar-refractivity contribution in [3.63, 3.8) is 0 Å². The first-order chi connectivity index (χ1) is 18.4. The number of rotatable bonds is 6. The predicted octanol–water partition coefficient (Wildman–Crippen LogP) is 6.00. The van der Waals surface area contributed by atoms with Crippen molar-refractivity contribution in [3.05, 3.63) is 106 Å². The Morgan fingerprint density at radius 2 is 1.71 bits per heavy atom. The van der Waals surface area contributed by atoms with E-state index in [1.54, 1.807) is 12.1 Å². The maximum absolute atomic E-state index is 13.7. The molecule has 7 nitrogen and oxygen atoms in total. The van der Waals surface area contributed by atoms with Crippen LogP contribution in [0.3, 0.4) is 0 Å². The number of benzene rings is 4. The zero-order chi connectivity index (χ0) is 26.8. The molecule has 190 valence electrons. The summed E-state index contributed by atoms with van der Waals surface area (Å²) in [5.74, 6) is -1.55. The summed E-state index contributed by atoms with van der Waals surface area (Å²) in [7, 11) is 1.48. The van der Waals surface area contributed by atoms with Crippen LogP contribution in [-0.4, -0.2) is 25.0 Å². The monoisotopic (exact) mass is 574 g/mol. The van der Waals surface area contributed by atoms with Gasteiger partial charge in [-0.25, -0.2) is 14.1 Å². The summed E-state index contributed by atoms with van der Waals surface area (Å²) in [6.45, 7) is 0.288. The van der Waals surface area contributed by atoms with E-state index in [-0.39, 0.29) is 17.9 Å². The number of anilines is 1. The van der Waals surface area contributed by atoms with Gasteiger partial charge in [-0.15, -0.1) is 0 Å². The average Bonchev–Trinajstić information content (AvgIpc) is 2.90. The molecule has 0 spiro atoms. The van der Waals surface area contributed by atoms with E-state index in [9.17, 15) is 18.8 Å². The van der Waals surface area contributed by atoms with E-state index in [1.165, 1.54) is 31.4 Å². The Kier molecular flexibility index (Phi) is 6.93. The van der Waals surface area contributed by atoms with Crippen molar-refractivity contribution in [2.24, 2.45) is 0 Å². The van der Waals surface area contributed by atoms with Crippen molar-refractivity contribution in [2.75, 3.05) is 12.0 Å². The molecule has 0 unspecified atom stereocenters. The molecular weight excluding hydrogens is 555 g/mol. The number of barbiturate groups is 1. The van der Waals surface area contributed by atoms with E-state index in [4.69, 9.17) is 9.47 Å². The van der Waals surface area contributed by atoms with Crippen molar-refractivity contribution in [1.82, 2.24) is 5.32 Å². The second-order valence-electron chi connectivity index (χ2n) is 8.39. The summed E-state index contributed by atoms with van der Waals surface area (Å²) >= 11 is 3.47. The van der Waals surface area contributed by atoms with Crippen LogP contribution in [-0.2, 0) is 16.2 Å². The molecule has 5 rings (SSSR count). The molecule has 4 amide bonds. The van der Waals surface area contributed by atoms with Gasteiger partial charge in [-0.2, -0.15) is 0 Å². The fourth-order valence-corrected chi connectivity index (χ4v) is 4.61. The zero-order valence-electron chi connectivity index (χ0n) is 20.0. The standard InChI is InChI=1S/C29H20BrFN2O5/c1-37-25-13-19(12-23-27(34)32-29(36)33(28(23)35)21-10-5-9-20(31)14-21)24(30)15-26(25)38-16-18-8-4-7-17-6-2-3-11-22(17)18/h2-15H,16H2,1H3,(H,32,34,36)/b23-12+. The molecule has 4 aromatic rings. The number of amides is 4. The molecule has 1 saturated heterocycles. The number of urea groups is 1. The molecule has 0 saturated carbocycles. The molecule has 0 aromatic heterocycles. The third-order valence-corrected chi connectivity index (χ3v) is 6.70. The minimum atomic E-state index is -0.961. The largest absolute Gasteiger partial charge is 0.493 e. The third-order valence-electron chi connectivity index (χ3n) is 6.01. The number of carbonyl (C=O) groups is 3. The van der Waals surface area contributed by atoms with Gasteiger partial charge in [-0.3, -0.25) is 14.9 Å². The Hall–Kier alpha value is -4.50. The van der Waals surface area contributed by atoms with E-state index in [0.29, 0.717) is 26.4 Å². The van der Waals surface area contributed by atoms with Gasteiger partial charge in [0.1, 0.15) is 18.0 Å². The van der Waals surface area contributed by atoms with E-state index < -0.39 is 23.7 Å². The number of carbonyl (C=O) groups excluding carboxylic acids is 3. The molecule has 0 radical (unpaired) electrons. The highest BCUT2D eigenvalue weighted by molar-refractivity contribution is 9.10. The number of hydrogen-bond donors (Lipinski definition) is 1. The summed E-state index contributed by atoms with van der Waals surface area (Å²) < 4.78 is 25.9. The number of imide groups is 2. The number of halogens is 2. The molecule has 0 aliphatic carbocycles. The zero-order valence-corrected chi connectivity index (χ0v) is 21.6. The summed E-state index contributed by atoms with van der Waals surface area (Å²) in [5, 5.41) is 4.30. The number of ether oxygens (including phenoxy) is 2. The normalized spacial score (nSPS) is 14.7. The molecule has 1 fully saturated rings. The highest BCUT2D eigenvalue weighted by Gasteiger charge is 2.37. The predicted molar refractivity (Wildman–Crippen MR) is 144 cm³/mol. The second-order valence-corrected chi connectivity index (χ2v) is 9.24. The van der Waals surface area contributed by atoms with E-state index in [1.807, 2.05) is 42.5 Å². The number of nitrogens with zero attached hydrogens (tertiary/aromatic N) is 1. The first-order valence-electron chi connectivity index (χ1n) is 11.5. The molecule has 1 aliphatic heterocycles. The van der Waals surface area contributed by atoms with Gasteiger partial charge in [0.25, 0.3) is 11.8 Å². The Morgan fingerprint density at radius 1 is 0.947 bits per heavy atom. The van der Waals surface area contributed by atoms with Crippen molar-refractivity contribution in [1.29, 1.82) is 0 Å². The van der Waals surface area contributed by atoms with Crippen LogP contribution in [0.2, 0.25) is 0 Å². The van der Waals surface area contributed by atoms with Crippen LogP contribution in [0.1, 0.15) is 11.1 Å². The highest BCUT2D eigenvalue weighted by Crippen LogP contribution is 2.36. The van der Waals surface area contributed by atoms with Crippen LogP contribution in [0.4, 0.5) is 14.9 Å². The smallest absolute Gasteiger partial charge is 0.335 e. The van der Waals surface area contributed by atoms with Crippen LogP contribution in [0, 0.1) is 5.82 Å². The van der Waals surface area contributed by atoms with Crippen LogP contribution in [0.25, 0.3) is 16.8 Å². The van der Waals surface area contributed by atoms with E-state index >= 15 is 0 Å². The van der Waals surface area contributed by atoms with Crippen LogP contribution >= 0.6 is 15.9 Å². The topological polar surface area (TPSA) is 84.9 Å². The first-order valence-corrected chi connectivity index (χ1v) is 12.3. The molecule has 1 heterocycles. The van der Waals surface area contributed by atoms with Gasteiger partial charge in [0.2, 0.25) is 0 Å². The molecule has 1 N–H and O–H groups in total. The van der Waals surface area contributed by atoms with E-state index in [0.717, 1.165) is 22.4 Å². The molecule has 9 heteroatoms. The maximum Gasteiger partial charge on any atom is 0.335 e. The van der Waals surface area contributed by atoms with Gasteiger partial charge >= 0.3 is 6.03 Å². The summed E-state index contributed by atoms with van der Waals surface area (Å²) in [5.41, 5.74) is 1.13. The molecule has 4 aromatic carbocycles. The van der Waals surface area contributed by atoms with Gasteiger partial charge in [0, 0.05) is 4.47 Å². The lowest BCUT2D eigenvalue weighted by molar-refractivity contribution is -0.122. The SMILES string of the molecule is COc1cc(/C=C2\C(=O)NC(=O)N(c3cccc(F)c3)C2=O)c(Br)cc1OCc1cccc2ccccc12. The first kappa shape index (κ1) is 25.2. The quantitative estimate of drug-likeness (QED) is 0.226. The second kappa shape index (κ2) is 10.5. The number of nitrogens with one attached hydrogen (secondary N) is 1. The van der Waals surface area contributed by atoms with Gasteiger partial charge < -0.3 is 9.47 Å². The van der Waals surface area contributed by atoms with Crippen molar-refractivity contribution >= 4 is 56.3 Å². The minimum absolute atomic E-state index is 0.000250. The van der Waals surface area contributed by atoms with Crippen LogP contribution in [0.5, 0.6) is 11.5 Å². The van der Waals surface area contributed by atoms with Crippen molar-refractivity contribution in [2.45, 2.75) is 6.61 Å². The molecule has 1 aliphatic rings. The average molecular weight is 575 g/mol. The van der Waals surface area contributed by atoms with E-state index in [2.05, 4.69) is 21.2 Å². The van der Waals surface area contributed by atoms with Crippen LogP contribution < -0.4 is 19.7 Å². The fraction of sp³-hybridized carbons (Fsp3) is 0.0690. The Balaban J connectivity index is 1.45. The lowest BCUT2D eigenvalue weighted by atomic mass is 10.1. The molecule has 0 atom stereocenters. The number of hydrogen-bond acceptors (Lipinski definition) is 5. The number of fused-ring (bicyclic) bond motifs is 1. The summed E-state index contributed by atoms with van der Waals surface area (Å²) in [4.78, 5) is 38.8.